The lowest BCUT2D eigenvalue weighted by atomic mass is 9.82. The SMILES string of the molecule is CC1=C(C)C(=O)C(CCC(C(N)=O)c2cccnc2)=C(C)C1=O. The Morgan fingerprint density at radius 2 is 1.78 bits per heavy atom. The van der Waals surface area contributed by atoms with Crippen molar-refractivity contribution in [3.63, 3.8) is 0 Å². The van der Waals surface area contributed by atoms with Crippen molar-refractivity contribution in [2.45, 2.75) is 39.5 Å². The van der Waals surface area contributed by atoms with Crippen LogP contribution < -0.4 is 5.73 Å². The zero-order valence-electron chi connectivity index (χ0n) is 13.6. The van der Waals surface area contributed by atoms with Gasteiger partial charge in [-0.1, -0.05) is 6.07 Å². The molecule has 5 heteroatoms. The van der Waals surface area contributed by atoms with E-state index in [1.807, 2.05) is 0 Å². The molecule has 1 aliphatic rings. The fraction of sp³-hybridized carbons (Fsp3) is 0.333. The standard InChI is InChI=1S/C18H20N2O3/c1-10-11(2)17(22)14(12(3)16(10)21)6-7-15(18(19)23)13-5-4-8-20-9-13/h4-5,8-9,15H,6-7H2,1-3H3,(H2,19,23). The third-order valence-electron chi connectivity index (χ3n) is 4.42. The van der Waals surface area contributed by atoms with Gasteiger partial charge in [0.15, 0.2) is 11.6 Å². The Kier molecular flexibility index (Phi) is 4.89. The summed E-state index contributed by atoms with van der Waals surface area (Å²) in [5.74, 6) is -1.21. The highest BCUT2D eigenvalue weighted by molar-refractivity contribution is 6.24. The number of pyridine rings is 1. The molecule has 2 rings (SSSR count). The third kappa shape index (κ3) is 3.28. The van der Waals surface area contributed by atoms with E-state index in [9.17, 15) is 14.4 Å². The summed E-state index contributed by atoms with van der Waals surface area (Å²) >= 11 is 0. The van der Waals surface area contributed by atoms with E-state index in [1.165, 1.54) is 0 Å². The summed E-state index contributed by atoms with van der Waals surface area (Å²) in [6.07, 6.45) is 3.93. The number of amides is 1. The number of carbonyl (C=O) groups excluding carboxylic acids is 3. The van der Waals surface area contributed by atoms with Gasteiger partial charge in [-0.05, 0) is 45.2 Å². The van der Waals surface area contributed by atoms with E-state index in [-0.39, 0.29) is 11.6 Å². The second kappa shape index (κ2) is 6.69. The number of hydrogen-bond donors (Lipinski definition) is 1. The Morgan fingerprint density at radius 1 is 1.13 bits per heavy atom. The Hall–Kier alpha value is -2.56. The van der Waals surface area contributed by atoms with Gasteiger partial charge < -0.3 is 5.73 Å². The van der Waals surface area contributed by atoms with E-state index >= 15 is 0 Å². The molecule has 0 saturated heterocycles. The highest BCUT2D eigenvalue weighted by atomic mass is 16.1. The van der Waals surface area contributed by atoms with E-state index in [0.29, 0.717) is 35.1 Å². The zero-order valence-corrected chi connectivity index (χ0v) is 13.6. The van der Waals surface area contributed by atoms with Gasteiger partial charge in [0.25, 0.3) is 0 Å². The summed E-state index contributed by atoms with van der Waals surface area (Å²) in [6.45, 7) is 4.99. The van der Waals surface area contributed by atoms with Gasteiger partial charge in [-0.2, -0.15) is 0 Å². The molecule has 0 spiro atoms. The lowest BCUT2D eigenvalue weighted by Crippen LogP contribution is -2.24. The predicted molar refractivity (Wildman–Crippen MR) is 86.5 cm³/mol. The zero-order chi connectivity index (χ0) is 17.1. The monoisotopic (exact) mass is 312 g/mol. The number of primary amides is 1. The van der Waals surface area contributed by atoms with Gasteiger partial charge >= 0.3 is 0 Å². The Bertz CT molecular complexity index is 730. The maximum atomic E-state index is 12.4. The fourth-order valence-electron chi connectivity index (χ4n) is 2.80. The summed E-state index contributed by atoms with van der Waals surface area (Å²) in [6, 6.07) is 3.52. The van der Waals surface area contributed by atoms with Crippen LogP contribution in [0.25, 0.3) is 0 Å². The maximum absolute atomic E-state index is 12.4. The van der Waals surface area contributed by atoms with Gasteiger partial charge in [0, 0.05) is 34.7 Å². The first kappa shape index (κ1) is 16.8. The van der Waals surface area contributed by atoms with Gasteiger partial charge in [0.2, 0.25) is 5.91 Å². The molecule has 2 N–H and O–H groups in total. The number of hydrogen-bond acceptors (Lipinski definition) is 4. The average molecular weight is 312 g/mol. The number of ketones is 2. The van der Waals surface area contributed by atoms with Crippen molar-refractivity contribution >= 4 is 17.5 Å². The summed E-state index contributed by atoms with van der Waals surface area (Å²) < 4.78 is 0. The van der Waals surface area contributed by atoms with Crippen molar-refractivity contribution in [1.82, 2.24) is 4.98 Å². The van der Waals surface area contributed by atoms with Gasteiger partial charge in [0.1, 0.15) is 0 Å². The summed E-state index contributed by atoms with van der Waals surface area (Å²) in [5.41, 5.74) is 8.12. The summed E-state index contributed by atoms with van der Waals surface area (Å²) in [5, 5.41) is 0. The van der Waals surface area contributed by atoms with Crippen LogP contribution in [0, 0.1) is 0 Å². The van der Waals surface area contributed by atoms with Crippen LogP contribution in [-0.2, 0) is 14.4 Å². The van der Waals surface area contributed by atoms with Crippen LogP contribution in [0.4, 0.5) is 0 Å². The molecular formula is C18H20N2O3. The molecule has 0 saturated carbocycles. The average Bonchev–Trinajstić information content (AvgIpc) is 2.55. The molecule has 0 radical (unpaired) electrons. The first-order valence-corrected chi connectivity index (χ1v) is 7.50. The third-order valence-corrected chi connectivity index (χ3v) is 4.42. The summed E-state index contributed by atoms with van der Waals surface area (Å²) in [4.78, 5) is 40.3. The summed E-state index contributed by atoms with van der Waals surface area (Å²) in [7, 11) is 0. The van der Waals surface area contributed by atoms with E-state index < -0.39 is 11.8 Å². The minimum Gasteiger partial charge on any atom is -0.369 e. The fourth-order valence-corrected chi connectivity index (χ4v) is 2.80. The van der Waals surface area contributed by atoms with Crippen LogP contribution >= 0.6 is 0 Å². The van der Waals surface area contributed by atoms with Crippen molar-refractivity contribution in [1.29, 1.82) is 0 Å². The number of nitrogens with zero attached hydrogens (tertiary/aromatic N) is 1. The van der Waals surface area contributed by atoms with E-state index in [1.54, 1.807) is 45.3 Å². The highest BCUT2D eigenvalue weighted by Gasteiger charge is 2.29. The lowest BCUT2D eigenvalue weighted by Gasteiger charge is -2.20. The molecule has 1 aliphatic carbocycles. The molecule has 1 aromatic rings. The minimum atomic E-state index is -0.529. The van der Waals surface area contributed by atoms with Gasteiger partial charge in [-0.25, -0.2) is 0 Å². The number of aromatic nitrogens is 1. The second-order valence-electron chi connectivity index (χ2n) is 5.79. The molecule has 1 atom stereocenters. The van der Waals surface area contributed by atoms with E-state index in [4.69, 9.17) is 5.73 Å². The van der Waals surface area contributed by atoms with Crippen molar-refractivity contribution in [2.24, 2.45) is 5.73 Å². The Labute approximate surface area is 135 Å². The molecule has 1 unspecified atom stereocenters. The van der Waals surface area contributed by atoms with E-state index in [2.05, 4.69) is 4.98 Å². The van der Waals surface area contributed by atoms with Crippen LogP contribution in [0.3, 0.4) is 0 Å². The molecule has 1 amide bonds. The molecular weight excluding hydrogens is 292 g/mol. The molecule has 0 aliphatic heterocycles. The van der Waals surface area contributed by atoms with Crippen LogP contribution in [0.1, 0.15) is 45.1 Å². The predicted octanol–water partition coefficient (Wildman–Crippen LogP) is 2.24. The number of carbonyl (C=O) groups is 3. The molecule has 5 nitrogen and oxygen atoms in total. The van der Waals surface area contributed by atoms with Crippen molar-refractivity contribution < 1.29 is 14.4 Å². The number of nitrogens with two attached hydrogens (primary N) is 1. The van der Waals surface area contributed by atoms with E-state index in [0.717, 1.165) is 5.56 Å². The topological polar surface area (TPSA) is 90.1 Å². The number of rotatable bonds is 5. The van der Waals surface area contributed by atoms with Crippen molar-refractivity contribution in [2.75, 3.05) is 0 Å². The highest BCUT2D eigenvalue weighted by Crippen LogP contribution is 2.30. The van der Waals surface area contributed by atoms with Gasteiger partial charge in [-0.3, -0.25) is 19.4 Å². The number of allylic oxidation sites excluding steroid dienone is 4. The Morgan fingerprint density at radius 3 is 2.35 bits per heavy atom. The molecule has 0 aromatic carbocycles. The molecule has 1 heterocycles. The quantitative estimate of drug-likeness (QED) is 0.844. The lowest BCUT2D eigenvalue weighted by molar-refractivity contribution is -0.119. The number of Topliss-reactive ketones (excluding diaryl/α,β-unsaturated/α-hetero) is 2. The largest absolute Gasteiger partial charge is 0.369 e. The molecule has 0 fully saturated rings. The van der Waals surface area contributed by atoms with Crippen molar-refractivity contribution in [3.8, 4) is 0 Å². The smallest absolute Gasteiger partial charge is 0.225 e. The first-order valence-electron chi connectivity index (χ1n) is 7.50. The van der Waals surface area contributed by atoms with Gasteiger partial charge in [0.05, 0.1) is 5.92 Å². The van der Waals surface area contributed by atoms with Crippen LogP contribution in [-0.4, -0.2) is 22.5 Å². The van der Waals surface area contributed by atoms with Gasteiger partial charge in [-0.15, -0.1) is 0 Å². The normalized spacial score (nSPS) is 16.8. The molecule has 120 valence electrons. The Balaban J connectivity index is 2.23. The van der Waals surface area contributed by atoms with Crippen LogP contribution in [0.2, 0.25) is 0 Å². The second-order valence-corrected chi connectivity index (χ2v) is 5.79. The minimum absolute atomic E-state index is 0.103. The first-order chi connectivity index (χ1) is 10.8. The molecule has 23 heavy (non-hydrogen) atoms. The maximum Gasteiger partial charge on any atom is 0.225 e. The van der Waals surface area contributed by atoms with Crippen LogP contribution in [0.15, 0.2) is 46.8 Å². The van der Waals surface area contributed by atoms with Crippen LogP contribution in [0.5, 0.6) is 0 Å². The van der Waals surface area contributed by atoms with Crippen molar-refractivity contribution in [3.05, 3.63) is 52.4 Å². The molecule has 1 aromatic heterocycles. The molecule has 0 bridgehead atoms.